The molecular formula is C22H25N3O. The van der Waals surface area contributed by atoms with Gasteiger partial charge < -0.3 is 5.32 Å². The molecule has 26 heavy (non-hydrogen) atoms. The Morgan fingerprint density at radius 1 is 0.962 bits per heavy atom. The number of hydrogen-bond acceptors (Lipinski definition) is 2. The number of carbonyl (C=O) groups is 1. The Kier molecular flexibility index (Phi) is 6.20. The second kappa shape index (κ2) is 8.99. The normalized spacial score (nSPS) is 10.7. The molecule has 1 N–H and O–H groups in total. The Labute approximate surface area is 154 Å². The van der Waals surface area contributed by atoms with Gasteiger partial charge in [0.1, 0.15) is 5.69 Å². The Balaban J connectivity index is 1.85. The molecule has 0 aliphatic heterocycles. The summed E-state index contributed by atoms with van der Waals surface area (Å²) in [6, 6.07) is 21.6. The first-order valence-electron chi connectivity index (χ1n) is 9.28. The molecule has 1 aromatic heterocycles. The number of unbranched alkanes of at least 4 members (excludes halogenated alkanes) is 3. The molecule has 0 spiro atoms. The number of aromatic nitrogens is 2. The average Bonchev–Trinajstić information content (AvgIpc) is 3.15. The Morgan fingerprint density at radius 2 is 1.65 bits per heavy atom. The number of amides is 1. The molecule has 3 rings (SSSR count). The summed E-state index contributed by atoms with van der Waals surface area (Å²) in [6.45, 7) is 2.88. The van der Waals surface area contributed by atoms with Crippen LogP contribution in [0.1, 0.15) is 43.1 Å². The zero-order valence-electron chi connectivity index (χ0n) is 15.2. The number of para-hydroxylation sites is 1. The molecule has 0 saturated carbocycles. The van der Waals surface area contributed by atoms with E-state index in [0.717, 1.165) is 29.8 Å². The van der Waals surface area contributed by atoms with Crippen molar-refractivity contribution < 1.29 is 4.79 Å². The summed E-state index contributed by atoms with van der Waals surface area (Å²) in [5, 5.41) is 7.72. The number of rotatable bonds is 8. The zero-order chi connectivity index (χ0) is 18.2. The fraction of sp³-hybridized carbons (Fsp3) is 0.273. The first kappa shape index (κ1) is 17.9. The summed E-state index contributed by atoms with van der Waals surface area (Å²) in [7, 11) is 0. The van der Waals surface area contributed by atoms with Crippen LogP contribution in [0, 0.1) is 0 Å². The average molecular weight is 347 g/mol. The molecule has 1 heterocycles. The largest absolute Gasteiger partial charge is 0.351 e. The molecule has 0 atom stereocenters. The van der Waals surface area contributed by atoms with E-state index in [9.17, 15) is 4.79 Å². The lowest BCUT2D eigenvalue weighted by Gasteiger charge is -2.08. The van der Waals surface area contributed by atoms with Gasteiger partial charge in [0.25, 0.3) is 5.91 Å². The number of nitrogens with one attached hydrogen (secondary N) is 1. The third kappa shape index (κ3) is 4.39. The lowest BCUT2D eigenvalue weighted by Crippen LogP contribution is -2.26. The smallest absolute Gasteiger partial charge is 0.270 e. The van der Waals surface area contributed by atoms with Crippen molar-refractivity contribution in [1.82, 2.24) is 15.1 Å². The lowest BCUT2D eigenvalue weighted by atomic mass is 10.1. The predicted octanol–water partition coefficient (Wildman–Crippen LogP) is 4.85. The Hall–Kier alpha value is -2.88. The molecule has 1 amide bonds. The van der Waals surface area contributed by atoms with Crippen LogP contribution in [0.5, 0.6) is 0 Å². The van der Waals surface area contributed by atoms with Crippen LogP contribution in [0.2, 0.25) is 0 Å². The molecule has 0 unspecified atom stereocenters. The van der Waals surface area contributed by atoms with Crippen molar-refractivity contribution in [2.75, 3.05) is 6.54 Å². The molecular weight excluding hydrogens is 322 g/mol. The molecule has 0 fully saturated rings. The van der Waals surface area contributed by atoms with Gasteiger partial charge in [0.2, 0.25) is 0 Å². The summed E-state index contributed by atoms with van der Waals surface area (Å²) in [5.41, 5.74) is 3.24. The molecule has 0 bridgehead atoms. The van der Waals surface area contributed by atoms with E-state index in [1.165, 1.54) is 12.8 Å². The van der Waals surface area contributed by atoms with Gasteiger partial charge in [-0.2, -0.15) is 5.10 Å². The number of benzene rings is 2. The second-order valence-electron chi connectivity index (χ2n) is 6.34. The summed E-state index contributed by atoms with van der Waals surface area (Å²) < 4.78 is 1.73. The van der Waals surface area contributed by atoms with Gasteiger partial charge in [0, 0.05) is 12.1 Å². The van der Waals surface area contributed by atoms with E-state index in [2.05, 4.69) is 17.3 Å². The van der Waals surface area contributed by atoms with E-state index in [4.69, 9.17) is 0 Å². The molecule has 4 heteroatoms. The van der Waals surface area contributed by atoms with Crippen LogP contribution < -0.4 is 5.32 Å². The maximum Gasteiger partial charge on any atom is 0.270 e. The fourth-order valence-electron chi connectivity index (χ4n) is 2.90. The third-order valence-electron chi connectivity index (χ3n) is 4.33. The van der Waals surface area contributed by atoms with Crippen LogP contribution in [0.4, 0.5) is 0 Å². The summed E-state index contributed by atoms with van der Waals surface area (Å²) in [6.07, 6.45) is 4.54. The van der Waals surface area contributed by atoms with Gasteiger partial charge in [-0.3, -0.25) is 4.79 Å². The van der Waals surface area contributed by atoms with Crippen LogP contribution in [-0.4, -0.2) is 22.2 Å². The molecule has 0 saturated heterocycles. The number of hydrogen-bond donors (Lipinski definition) is 1. The van der Waals surface area contributed by atoms with E-state index in [0.29, 0.717) is 12.2 Å². The maximum absolute atomic E-state index is 12.7. The minimum absolute atomic E-state index is 0.0833. The molecule has 4 nitrogen and oxygen atoms in total. The highest BCUT2D eigenvalue weighted by atomic mass is 16.2. The van der Waals surface area contributed by atoms with Crippen molar-refractivity contribution >= 4 is 5.91 Å². The molecule has 2 aromatic carbocycles. The van der Waals surface area contributed by atoms with Gasteiger partial charge in [-0.1, -0.05) is 74.7 Å². The highest BCUT2D eigenvalue weighted by molar-refractivity contribution is 5.94. The molecule has 0 aliphatic rings. The van der Waals surface area contributed by atoms with Gasteiger partial charge in [0.05, 0.1) is 11.4 Å². The zero-order valence-corrected chi connectivity index (χ0v) is 15.2. The number of nitrogens with zero attached hydrogens (tertiary/aromatic N) is 2. The van der Waals surface area contributed by atoms with Crippen LogP contribution in [-0.2, 0) is 0 Å². The first-order chi connectivity index (χ1) is 12.8. The fourth-order valence-corrected chi connectivity index (χ4v) is 2.90. The van der Waals surface area contributed by atoms with E-state index in [-0.39, 0.29) is 5.91 Å². The van der Waals surface area contributed by atoms with Gasteiger partial charge in [-0.25, -0.2) is 4.68 Å². The Morgan fingerprint density at radius 3 is 2.35 bits per heavy atom. The second-order valence-corrected chi connectivity index (χ2v) is 6.34. The van der Waals surface area contributed by atoms with Crippen LogP contribution in [0.25, 0.3) is 16.9 Å². The van der Waals surface area contributed by atoms with Crippen LogP contribution in [0.3, 0.4) is 0 Å². The highest BCUT2D eigenvalue weighted by Gasteiger charge is 2.17. The van der Waals surface area contributed by atoms with Crippen molar-refractivity contribution in [1.29, 1.82) is 0 Å². The SMILES string of the molecule is CCCCCCNC(=O)c1cc(-c2ccccc2)nn1-c1ccccc1. The van der Waals surface area contributed by atoms with Crippen LogP contribution >= 0.6 is 0 Å². The van der Waals surface area contributed by atoms with Crippen molar-refractivity contribution in [3.63, 3.8) is 0 Å². The van der Waals surface area contributed by atoms with Gasteiger partial charge in [-0.05, 0) is 24.6 Å². The highest BCUT2D eigenvalue weighted by Crippen LogP contribution is 2.21. The van der Waals surface area contributed by atoms with Crippen molar-refractivity contribution in [2.45, 2.75) is 32.6 Å². The van der Waals surface area contributed by atoms with Crippen molar-refractivity contribution in [3.05, 3.63) is 72.4 Å². The van der Waals surface area contributed by atoms with Gasteiger partial charge in [0.15, 0.2) is 0 Å². The van der Waals surface area contributed by atoms with E-state index in [1.54, 1.807) is 4.68 Å². The Bertz CT molecular complexity index is 825. The molecule has 3 aromatic rings. The van der Waals surface area contributed by atoms with Crippen molar-refractivity contribution in [3.8, 4) is 16.9 Å². The molecule has 134 valence electrons. The molecule has 0 aliphatic carbocycles. The lowest BCUT2D eigenvalue weighted by molar-refractivity contribution is 0.0945. The topological polar surface area (TPSA) is 46.9 Å². The van der Waals surface area contributed by atoms with Gasteiger partial charge >= 0.3 is 0 Å². The molecule has 0 radical (unpaired) electrons. The van der Waals surface area contributed by atoms with E-state index in [1.807, 2.05) is 66.7 Å². The summed E-state index contributed by atoms with van der Waals surface area (Å²) in [5.74, 6) is -0.0833. The number of carbonyl (C=O) groups excluding carboxylic acids is 1. The third-order valence-corrected chi connectivity index (χ3v) is 4.33. The van der Waals surface area contributed by atoms with E-state index >= 15 is 0 Å². The van der Waals surface area contributed by atoms with Crippen LogP contribution in [0.15, 0.2) is 66.7 Å². The standard InChI is InChI=1S/C22H25N3O/c1-2-3-4-11-16-23-22(26)21-17-20(18-12-7-5-8-13-18)24-25(21)19-14-9-6-10-15-19/h5-10,12-15,17H,2-4,11,16H2,1H3,(H,23,26). The monoisotopic (exact) mass is 347 g/mol. The van der Waals surface area contributed by atoms with Gasteiger partial charge in [-0.15, -0.1) is 0 Å². The minimum atomic E-state index is -0.0833. The van der Waals surface area contributed by atoms with E-state index < -0.39 is 0 Å². The summed E-state index contributed by atoms with van der Waals surface area (Å²) >= 11 is 0. The quantitative estimate of drug-likeness (QED) is 0.592. The predicted molar refractivity (Wildman–Crippen MR) is 105 cm³/mol. The summed E-state index contributed by atoms with van der Waals surface area (Å²) in [4.78, 5) is 12.7. The first-order valence-corrected chi connectivity index (χ1v) is 9.28. The minimum Gasteiger partial charge on any atom is -0.351 e. The van der Waals surface area contributed by atoms with Crippen molar-refractivity contribution in [2.24, 2.45) is 0 Å². The maximum atomic E-state index is 12.7.